The lowest BCUT2D eigenvalue weighted by atomic mass is 9.70. The largest absolute Gasteiger partial charge is 0.456 e. The van der Waals surface area contributed by atoms with Gasteiger partial charge in [0.05, 0.1) is 16.8 Å². The third-order valence-electron chi connectivity index (χ3n) is 14.3. The van der Waals surface area contributed by atoms with Gasteiger partial charge in [0.1, 0.15) is 11.2 Å². The molecule has 0 N–H and O–H groups in total. The minimum atomic E-state index is -0.441. The van der Waals surface area contributed by atoms with Crippen LogP contribution in [-0.4, -0.2) is 9.97 Å². The summed E-state index contributed by atoms with van der Waals surface area (Å²) in [6, 6.07) is 87.5. The predicted molar refractivity (Wildman–Crippen MR) is 278 cm³/mol. The quantitative estimate of drug-likeness (QED) is 0.167. The Morgan fingerprint density at radius 2 is 0.794 bits per heavy atom. The molecule has 316 valence electrons. The summed E-state index contributed by atoms with van der Waals surface area (Å²) in [6.07, 6.45) is 0. The highest BCUT2D eigenvalue weighted by molar-refractivity contribution is 6.07. The van der Waals surface area contributed by atoms with Crippen LogP contribution in [0, 0.1) is 0 Å². The van der Waals surface area contributed by atoms with E-state index in [2.05, 4.69) is 224 Å². The molecule has 1 spiro atoms. The van der Waals surface area contributed by atoms with E-state index in [1.807, 2.05) is 18.2 Å². The van der Waals surface area contributed by atoms with Crippen molar-refractivity contribution < 1.29 is 4.42 Å². The minimum absolute atomic E-state index is 0.441. The van der Waals surface area contributed by atoms with Gasteiger partial charge in [-0.2, -0.15) is 0 Å². The first-order valence-electron chi connectivity index (χ1n) is 23.3. The van der Waals surface area contributed by atoms with Crippen molar-refractivity contribution in [3.8, 4) is 89.5 Å². The zero-order valence-electron chi connectivity index (χ0n) is 36.9. The molecule has 14 rings (SSSR count). The van der Waals surface area contributed by atoms with Crippen LogP contribution in [0.4, 0.5) is 0 Å². The molecule has 0 fully saturated rings. The van der Waals surface area contributed by atoms with E-state index in [1.54, 1.807) is 0 Å². The first-order valence-corrected chi connectivity index (χ1v) is 23.3. The molecule has 0 radical (unpaired) electrons. The van der Waals surface area contributed by atoms with Crippen LogP contribution in [0.1, 0.15) is 22.3 Å². The second-order valence-electron chi connectivity index (χ2n) is 18.0. The van der Waals surface area contributed by atoms with Crippen LogP contribution in [0.2, 0.25) is 0 Å². The Bertz CT molecular complexity index is 3930. The second-order valence-corrected chi connectivity index (χ2v) is 18.0. The molecule has 2 aromatic heterocycles. The molecule has 3 nitrogen and oxygen atoms in total. The number of nitrogens with zero attached hydrogens (tertiary/aromatic N) is 2. The van der Waals surface area contributed by atoms with E-state index in [0.717, 1.165) is 77.8 Å². The molecule has 12 aromatic rings. The number of benzene rings is 10. The van der Waals surface area contributed by atoms with E-state index in [-0.39, 0.29) is 0 Å². The molecule has 2 aliphatic carbocycles. The number of furan rings is 1. The van der Waals surface area contributed by atoms with Crippen LogP contribution < -0.4 is 0 Å². The van der Waals surface area contributed by atoms with E-state index in [4.69, 9.17) is 14.4 Å². The van der Waals surface area contributed by atoms with Gasteiger partial charge in [-0.1, -0.05) is 200 Å². The standard InChI is InChI=1S/C65H40N2O/c1-3-18-41(19-4-1)44-36-45(43-34-35-62-54(39-43)51-26-12-16-33-61(51)68-62)38-46(37-44)59-40-60(67-64(66-59)42-20-5-2-6-21-42)50-25-8-7-22-47(50)52-28-17-32-58-63(52)53-27-11-15-31-57(53)65(58)55-29-13-9-23-48(55)49-24-10-14-30-56(49)65/h1-40H. The Hall–Kier alpha value is -8.92. The second kappa shape index (κ2) is 15.1. The van der Waals surface area contributed by atoms with Crippen LogP contribution in [-0.2, 0) is 5.41 Å². The summed E-state index contributed by atoms with van der Waals surface area (Å²) >= 11 is 0. The lowest BCUT2D eigenvalue weighted by molar-refractivity contribution is 0.669. The van der Waals surface area contributed by atoms with Gasteiger partial charge in [-0.05, 0) is 120 Å². The maximum atomic E-state index is 6.26. The third kappa shape index (κ3) is 5.72. The van der Waals surface area contributed by atoms with Crippen LogP contribution in [0.15, 0.2) is 247 Å². The van der Waals surface area contributed by atoms with Crippen molar-refractivity contribution in [3.63, 3.8) is 0 Å². The molecule has 0 saturated carbocycles. The maximum Gasteiger partial charge on any atom is 0.160 e. The summed E-state index contributed by atoms with van der Waals surface area (Å²) < 4.78 is 6.26. The molecule has 0 aliphatic heterocycles. The van der Waals surface area contributed by atoms with Crippen molar-refractivity contribution in [2.45, 2.75) is 5.41 Å². The van der Waals surface area contributed by atoms with Gasteiger partial charge in [0, 0.05) is 27.5 Å². The van der Waals surface area contributed by atoms with Crippen molar-refractivity contribution in [2.75, 3.05) is 0 Å². The predicted octanol–water partition coefficient (Wildman–Crippen LogP) is 16.7. The Morgan fingerprint density at radius 1 is 0.279 bits per heavy atom. The van der Waals surface area contributed by atoms with Gasteiger partial charge in [-0.25, -0.2) is 9.97 Å². The smallest absolute Gasteiger partial charge is 0.160 e. The Kier molecular flexibility index (Phi) is 8.50. The highest BCUT2D eigenvalue weighted by atomic mass is 16.3. The fourth-order valence-corrected chi connectivity index (χ4v) is 11.4. The molecule has 68 heavy (non-hydrogen) atoms. The van der Waals surface area contributed by atoms with Gasteiger partial charge in [0.15, 0.2) is 5.82 Å². The third-order valence-corrected chi connectivity index (χ3v) is 14.3. The zero-order valence-corrected chi connectivity index (χ0v) is 36.9. The monoisotopic (exact) mass is 864 g/mol. The van der Waals surface area contributed by atoms with E-state index in [9.17, 15) is 0 Å². The van der Waals surface area contributed by atoms with E-state index in [0.29, 0.717) is 5.82 Å². The van der Waals surface area contributed by atoms with Crippen LogP contribution in [0.5, 0.6) is 0 Å². The van der Waals surface area contributed by atoms with Crippen molar-refractivity contribution in [3.05, 3.63) is 265 Å². The minimum Gasteiger partial charge on any atom is -0.456 e. The van der Waals surface area contributed by atoms with Crippen LogP contribution >= 0.6 is 0 Å². The van der Waals surface area contributed by atoms with Crippen molar-refractivity contribution in [1.82, 2.24) is 9.97 Å². The first kappa shape index (κ1) is 38.4. The van der Waals surface area contributed by atoms with E-state index >= 15 is 0 Å². The Labute approximate surface area is 394 Å². The van der Waals surface area contributed by atoms with Crippen molar-refractivity contribution in [2.24, 2.45) is 0 Å². The molecular weight excluding hydrogens is 825 g/mol. The molecule has 0 unspecified atom stereocenters. The number of aromatic nitrogens is 2. The SMILES string of the molecule is c1ccc(-c2cc(-c3ccc4oc5ccccc5c4c3)cc(-c3cc(-c4ccccc4-c4cccc5c4-c4ccccc4C54c5ccccc5-c5ccccc54)nc(-c4ccccc4)n3)c2)cc1. The van der Waals surface area contributed by atoms with Crippen LogP contribution in [0.25, 0.3) is 111 Å². The summed E-state index contributed by atoms with van der Waals surface area (Å²) in [4.78, 5) is 10.9. The van der Waals surface area contributed by atoms with Gasteiger partial charge >= 0.3 is 0 Å². The molecular formula is C65H40N2O. The zero-order chi connectivity index (χ0) is 44.8. The highest BCUT2D eigenvalue weighted by Crippen LogP contribution is 2.64. The summed E-state index contributed by atoms with van der Waals surface area (Å²) in [5, 5.41) is 2.20. The first-order chi connectivity index (χ1) is 33.7. The molecule has 0 saturated heterocycles. The number of rotatable bonds is 6. The molecule has 2 aliphatic rings. The molecule has 0 atom stereocenters. The van der Waals surface area contributed by atoms with E-state index < -0.39 is 5.41 Å². The highest BCUT2D eigenvalue weighted by Gasteiger charge is 2.52. The number of fused-ring (bicyclic) bond motifs is 13. The average Bonchev–Trinajstić information content (AvgIpc) is 4.05. The summed E-state index contributed by atoms with van der Waals surface area (Å²) in [5.41, 5.74) is 23.2. The van der Waals surface area contributed by atoms with Gasteiger partial charge in [-0.3, -0.25) is 0 Å². The Balaban J connectivity index is 0.986. The van der Waals surface area contributed by atoms with Gasteiger partial charge in [-0.15, -0.1) is 0 Å². The fraction of sp³-hybridized carbons (Fsp3) is 0.0154. The lowest BCUT2D eigenvalue weighted by Gasteiger charge is -2.30. The molecule has 2 heterocycles. The number of hydrogen-bond acceptors (Lipinski definition) is 3. The summed E-state index contributed by atoms with van der Waals surface area (Å²) in [7, 11) is 0. The van der Waals surface area contributed by atoms with Crippen molar-refractivity contribution in [1.29, 1.82) is 0 Å². The summed E-state index contributed by atoms with van der Waals surface area (Å²) in [6.45, 7) is 0. The van der Waals surface area contributed by atoms with Gasteiger partial charge < -0.3 is 4.42 Å². The maximum absolute atomic E-state index is 6.26. The lowest BCUT2D eigenvalue weighted by Crippen LogP contribution is -2.25. The normalized spacial score (nSPS) is 12.8. The van der Waals surface area contributed by atoms with Gasteiger partial charge in [0.2, 0.25) is 0 Å². The Morgan fingerprint density at radius 3 is 1.53 bits per heavy atom. The molecule has 0 amide bonds. The molecule has 10 aromatic carbocycles. The molecule has 0 bridgehead atoms. The van der Waals surface area contributed by atoms with Crippen LogP contribution in [0.3, 0.4) is 0 Å². The van der Waals surface area contributed by atoms with Crippen molar-refractivity contribution >= 4 is 21.9 Å². The molecule has 3 heteroatoms. The number of para-hydroxylation sites is 1. The average molecular weight is 865 g/mol. The topological polar surface area (TPSA) is 38.9 Å². The number of hydrogen-bond donors (Lipinski definition) is 0. The summed E-state index contributed by atoms with van der Waals surface area (Å²) in [5.74, 6) is 0.674. The van der Waals surface area contributed by atoms with Gasteiger partial charge in [0.25, 0.3) is 0 Å². The fourth-order valence-electron chi connectivity index (χ4n) is 11.4. The van der Waals surface area contributed by atoms with E-state index in [1.165, 1.54) is 50.1 Å².